The second-order valence-electron chi connectivity index (χ2n) is 4.85. The molecule has 3 nitrogen and oxygen atoms in total. The Morgan fingerprint density at radius 3 is 3.00 bits per heavy atom. The van der Waals surface area contributed by atoms with Crippen molar-refractivity contribution in [3.8, 4) is 0 Å². The number of carbonyl (C=O) groups excluding carboxylic acids is 1. The second kappa shape index (κ2) is 5.51. The Labute approximate surface area is 121 Å². The van der Waals surface area contributed by atoms with Gasteiger partial charge in [-0.1, -0.05) is 18.2 Å². The zero-order valence-electron chi connectivity index (χ0n) is 11.1. The second-order valence-corrected chi connectivity index (χ2v) is 5.76. The molecule has 20 heavy (non-hydrogen) atoms. The first-order valence-electron chi connectivity index (χ1n) is 6.52. The molecule has 3 aromatic rings. The van der Waals surface area contributed by atoms with E-state index in [1.807, 2.05) is 19.1 Å². The normalized spacial score (nSPS) is 12.4. The number of amides is 1. The molecule has 0 fully saturated rings. The Bertz CT molecular complexity index is 715. The number of fused-ring (bicyclic) bond motifs is 1. The molecular formula is C16H15NO2S. The van der Waals surface area contributed by atoms with Crippen molar-refractivity contribution in [3.05, 3.63) is 59.4 Å². The maximum absolute atomic E-state index is 11.9. The summed E-state index contributed by atoms with van der Waals surface area (Å²) in [6.07, 6.45) is 3.79. The Balaban J connectivity index is 1.70. The van der Waals surface area contributed by atoms with Crippen molar-refractivity contribution < 1.29 is 9.21 Å². The van der Waals surface area contributed by atoms with Crippen LogP contribution in [0.25, 0.3) is 10.1 Å². The summed E-state index contributed by atoms with van der Waals surface area (Å²) in [5.41, 5.74) is 1.85. The van der Waals surface area contributed by atoms with Gasteiger partial charge in [-0.05, 0) is 41.8 Å². The Morgan fingerprint density at radius 2 is 2.20 bits per heavy atom. The highest BCUT2D eigenvalue weighted by Gasteiger charge is 2.13. The topological polar surface area (TPSA) is 42.2 Å². The fourth-order valence-corrected chi connectivity index (χ4v) is 3.25. The summed E-state index contributed by atoms with van der Waals surface area (Å²) >= 11 is 1.74. The van der Waals surface area contributed by atoms with E-state index in [4.69, 9.17) is 4.42 Å². The fourth-order valence-electron chi connectivity index (χ4n) is 2.27. The first-order chi connectivity index (χ1) is 9.74. The molecule has 1 amide bonds. The molecule has 2 aromatic heterocycles. The SMILES string of the molecule is C[C@@H](Cc1csc2ccccc12)NC(=O)c1ccoc1. The maximum Gasteiger partial charge on any atom is 0.254 e. The minimum absolute atomic E-state index is 0.0791. The van der Waals surface area contributed by atoms with E-state index < -0.39 is 0 Å². The molecule has 0 spiro atoms. The standard InChI is InChI=1S/C16H15NO2S/c1-11(17-16(18)12-6-7-19-9-12)8-13-10-20-15-5-3-2-4-14(13)15/h2-7,9-11H,8H2,1H3,(H,17,18)/t11-/m0/s1. The number of thiophene rings is 1. The summed E-state index contributed by atoms with van der Waals surface area (Å²) in [4.78, 5) is 11.9. The lowest BCUT2D eigenvalue weighted by molar-refractivity contribution is 0.0939. The molecule has 1 aromatic carbocycles. The van der Waals surface area contributed by atoms with Crippen LogP contribution in [-0.2, 0) is 6.42 Å². The number of nitrogens with one attached hydrogen (secondary N) is 1. The summed E-state index contributed by atoms with van der Waals surface area (Å²) < 4.78 is 6.21. The van der Waals surface area contributed by atoms with Gasteiger partial charge in [-0.2, -0.15) is 0 Å². The van der Waals surface area contributed by atoms with Crippen molar-refractivity contribution in [2.75, 3.05) is 0 Å². The average molecular weight is 285 g/mol. The molecule has 0 saturated carbocycles. The zero-order valence-corrected chi connectivity index (χ0v) is 11.9. The summed E-state index contributed by atoms with van der Waals surface area (Å²) in [5, 5.41) is 6.44. The van der Waals surface area contributed by atoms with Crippen molar-refractivity contribution in [2.45, 2.75) is 19.4 Å². The van der Waals surface area contributed by atoms with Gasteiger partial charge in [0.15, 0.2) is 0 Å². The lowest BCUT2D eigenvalue weighted by Crippen LogP contribution is -2.33. The van der Waals surface area contributed by atoms with Crippen molar-refractivity contribution >= 4 is 27.3 Å². The quantitative estimate of drug-likeness (QED) is 0.791. The van der Waals surface area contributed by atoms with E-state index in [1.54, 1.807) is 17.4 Å². The number of carbonyl (C=O) groups is 1. The van der Waals surface area contributed by atoms with Crippen LogP contribution >= 0.6 is 11.3 Å². The van der Waals surface area contributed by atoms with Gasteiger partial charge < -0.3 is 9.73 Å². The molecule has 2 heterocycles. The first-order valence-corrected chi connectivity index (χ1v) is 7.40. The lowest BCUT2D eigenvalue weighted by atomic mass is 10.1. The van der Waals surface area contributed by atoms with Crippen LogP contribution < -0.4 is 5.32 Å². The number of hydrogen-bond donors (Lipinski definition) is 1. The minimum Gasteiger partial charge on any atom is -0.472 e. The molecule has 4 heteroatoms. The van der Waals surface area contributed by atoms with E-state index in [0.717, 1.165) is 6.42 Å². The van der Waals surface area contributed by atoms with E-state index >= 15 is 0 Å². The van der Waals surface area contributed by atoms with Gasteiger partial charge in [0.25, 0.3) is 5.91 Å². The molecule has 3 rings (SSSR count). The molecule has 0 radical (unpaired) electrons. The maximum atomic E-state index is 11.9. The predicted molar refractivity (Wildman–Crippen MR) is 81.2 cm³/mol. The van der Waals surface area contributed by atoms with Gasteiger partial charge in [0.05, 0.1) is 11.8 Å². The molecule has 0 unspecified atom stereocenters. The van der Waals surface area contributed by atoms with Crippen LogP contribution in [0.5, 0.6) is 0 Å². The van der Waals surface area contributed by atoms with Crippen molar-refractivity contribution in [2.24, 2.45) is 0 Å². The highest BCUT2D eigenvalue weighted by atomic mass is 32.1. The predicted octanol–water partition coefficient (Wildman–Crippen LogP) is 3.86. The average Bonchev–Trinajstić information content (AvgIpc) is 3.09. The summed E-state index contributed by atoms with van der Waals surface area (Å²) in [6.45, 7) is 2.02. The lowest BCUT2D eigenvalue weighted by Gasteiger charge is -2.12. The van der Waals surface area contributed by atoms with Crippen LogP contribution in [0, 0.1) is 0 Å². The van der Waals surface area contributed by atoms with Gasteiger partial charge in [-0.3, -0.25) is 4.79 Å². The molecule has 0 saturated heterocycles. The Hall–Kier alpha value is -2.07. The largest absolute Gasteiger partial charge is 0.472 e. The zero-order chi connectivity index (χ0) is 13.9. The third-order valence-electron chi connectivity index (χ3n) is 3.25. The van der Waals surface area contributed by atoms with E-state index in [1.165, 1.54) is 28.2 Å². The number of rotatable bonds is 4. The first kappa shape index (κ1) is 12.9. The van der Waals surface area contributed by atoms with Crippen LogP contribution in [0.2, 0.25) is 0 Å². The third-order valence-corrected chi connectivity index (χ3v) is 4.26. The molecule has 1 atom stereocenters. The van der Waals surface area contributed by atoms with E-state index in [-0.39, 0.29) is 11.9 Å². The number of furan rings is 1. The molecule has 102 valence electrons. The summed E-state index contributed by atoms with van der Waals surface area (Å²) in [5.74, 6) is -0.0919. The van der Waals surface area contributed by atoms with Gasteiger partial charge in [-0.25, -0.2) is 0 Å². The molecule has 0 aliphatic carbocycles. The third kappa shape index (κ3) is 2.60. The highest BCUT2D eigenvalue weighted by molar-refractivity contribution is 7.17. The van der Waals surface area contributed by atoms with Gasteiger partial charge in [0.2, 0.25) is 0 Å². The van der Waals surface area contributed by atoms with Crippen molar-refractivity contribution in [1.29, 1.82) is 0 Å². The Morgan fingerprint density at radius 1 is 1.35 bits per heavy atom. The van der Waals surface area contributed by atoms with Gasteiger partial charge in [0.1, 0.15) is 6.26 Å². The molecular weight excluding hydrogens is 270 g/mol. The molecule has 0 bridgehead atoms. The van der Waals surface area contributed by atoms with Crippen LogP contribution in [0.3, 0.4) is 0 Å². The Kier molecular flexibility index (Phi) is 3.56. The van der Waals surface area contributed by atoms with Crippen molar-refractivity contribution in [3.63, 3.8) is 0 Å². The minimum atomic E-state index is -0.0919. The van der Waals surface area contributed by atoms with Crippen LogP contribution in [-0.4, -0.2) is 11.9 Å². The van der Waals surface area contributed by atoms with Gasteiger partial charge >= 0.3 is 0 Å². The van der Waals surface area contributed by atoms with E-state index in [0.29, 0.717) is 5.56 Å². The fraction of sp³-hybridized carbons (Fsp3) is 0.188. The van der Waals surface area contributed by atoms with E-state index in [2.05, 4.69) is 22.8 Å². The summed E-state index contributed by atoms with van der Waals surface area (Å²) in [6, 6.07) is 10.1. The highest BCUT2D eigenvalue weighted by Crippen LogP contribution is 2.26. The number of benzene rings is 1. The molecule has 1 N–H and O–H groups in total. The van der Waals surface area contributed by atoms with E-state index in [9.17, 15) is 4.79 Å². The molecule has 0 aliphatic heterocycles. The van der Waals surface area contributed by atoms with Gasteiger partial charge in [-0.15, -0.1) is 11.3 Å². The number of hydrogen-bond acceptors (Lipinski definition) is 3. The van der Waals surface area contributed by atoms with Crippen LogP contribution in [0.15, 0.2) is 52.7 Å². The van der Waals surface area contributed by atoms with Gasteiger partial charge in [0, 0.05) is 10.7 Å². The smallest absolute Gasteiger partial charge is 0.254 e. The molecule has 0 aliphatic rings. The van der Waals surface area contributed by atoms with Crippen molar-refractivity contribution in [1.82, 2.24) is 5.32 Å². The summed E-state index contributed by atoms with van der Waals surface area (Å²) in [7, 11) is 0. The monoisotopic (exact) mass is 285 g/mol. The van der Waals surface area contributed by atoms with Crippen LogP contribution in [0.4, 0.5) is 0 Å². The van der Waals surface area contributed by atoms with Crippen LogP contribution in [0.1, 0.15) is 22.8 Å².